The second-order valence-corrected chi connectivity index (χ2v) is 9.06. The number of nitrogens with zero attached hydrogens (tertiary/aromatic N) is 1. The summed E-state index contributed by atoms with van der Waals surface area (Å²) in [6, 6.07) is 13.9. The Bertz CT molecular complexity index is 916. The zero-order valence-electron chi connectivity index (χ0n) is 17.7. The molecule has 2 aliphatic rings. The standard InChI is InChI=1S/C24H31N3O2.ClH/c1-15(2)23(24(29)27-13-19-9-10-21(25)20(19)14-27)26-22(28)12-16-7-8-17-5-3-4-6-18(17)11-16;/h3-8,11,15,19-21,23H,9-10,12-14,25H2,1-2H3,(H,26,28);1H. The van der Waals surface area contributed by atoms with Crippen LogP contribution in [-0.2, 0) is 16.0 Å². The lowest BCUT2D eigenvalue weighted by atomic mass is 9.98. The Balaban J connectivity index is 0.00000256. The number of benzene rings is 2. The monoisotopic (exact) mass is 429 g/mol. The number of hydrogen-bond acceptors (Lipinski definition) is 3. The van der Waals surface area contributed by atoms with E-state index in [1.165, 1.54) is 0 Å². The highest BCUT2D eigenvalue weighted by Crippen LogP contribution is 2.37. The quantitative estimate of drug-likeness (QED) is 0.766. The molecular formula is C24H32ClN3O2. The van der Waals surface area contributed by atoms with Crippen molar-refractivity contribution in [3.05, 3.63) is 48.0 Å². The van der Waals surface area contributed by atoms with Crippen molar-refractivity contribution in [2.24, 2.45) is 23.5 Å². The summed E-state index contributed by atoms with van der Waals surface area (Å²) in [5, 5.41) is 5.28. The fourth-order valence-corrected chi connectivity index (χ4v) is 4.96. The van der Waals surface area contributed by atoms with Crippen molar-refractivity contribution in [1.29, 1.82) is 0 Å². The van der Waals surface area contributed by atoms with Gasteiger partial charge in [0.1, 0.15) is 6.04 Å². The molecule has 4 rings (SSSR count). The number of likely N-dealkylation sites (tertiary alicyclic amines) is 1. The maximum absolute atomic E-state index is 13.2. The average molecular weight is 430 g/mol. The third-order valence-corrected chi connectivity index (χ3v) is 6.65. The van der Waals surface area contributed by atoms with Crippen molar-refractivity contribution < 1.29 is 9.59 Å². The van der Waals surface area contributed by atoms with Crippen LogP contribution in [-0.4, -0.2) is 41.9 Å². The van der Waals surface area contributed by atoms with Crippen LogP contribution in [0.5, 0.6) is 0 Å². The largest absolute Gasteiger partial charge is 0.344 e. The van der Waals surface area contributed by atoms with E-state index in [0.717, 1.165) is 42.3 Å². The van der Waals surface area contributed by atoms with Crippen LogP contribution in [0.4, 0.5) is 0 Å². The van der Waals surface area contributed by atoms with Crippen LogP contribution in [0.2, 0.25) is 0 Å². The normalized spacial score (nSPS) is 23.9. The first-order chi connectivity index (χ1) is 13.9. The van der Waals surface area contributed by atoms with Gasteiger partial charge < -0.3 is 16.0 Å². The van der Waals surface area contributed by atoms with Gasteiger partial charge in [-0.2, -0.15) is 0 Å². The van der Waals surface area contributed by atoms with Crippen LogP contribution < -0.4 is 11.1 Å². The van der Waals surface area contributed by atoms with E-state index >= 15 is 0 Å². The molecule has 3 N–H and O–H groups in total. The van der Waals surface area contributed by atoms with Gasteiger partial charge in [0.15, 0.2) is 0 Å². The van der Waals surface area contributed by atoms with E-state index < -0.39 is 6.04 Å². The molecule has 2 fully saturated rings. The fourth-order valence-electron chi connectivity index (χ4n) is 4.96. The molecule has 4 atom stereocenters. The Morgan fingerprint density at radius 2 is 1.83 bits per heavy atom. The molecule has 0 radical (unpaired) electrons. The van der Waals surface area contributed by atoms with E-state index in [1.807, 2.05) is 55.1 Å². The highest BCUT2D eigenvalue weighted by Gasteiger charge is 2.44. The first kappa shape index (κ1) is 22.6. The van der Waals surface area contributed by atoms with Crippen LogP contribution in [0.1, 0.15) is 32.3 Å². The van der Waals surface area contributed by atoms with Gasteiger partial charge in [-0.15, -0.1) is 12.4 Å². The van der Waals surface area contributed by atoms with Gasteiger partial charge in [0, 0.05) is 19.1 Å². The first-order valence-corrected chi connectivity index (χ1v) is 10.7. The molecule has 2 aromatic rings. The molecule has 4 unspecified atom stereocenters. The number of rotatable bonds is 5. The molecule has 1 saturated heterocycles. The number of amides is 2. The molecule has 2 amide bonds. The summed E-state index contributed by atoms with van der Waals surface area (Å²) in [4.78, 5) is 27.8. The summed E-state index contributed by atoms with van der Waals surface area (Å²) in [5.74, 6) is 0.907. The van der Waals surface area contributed by atoms with Crippen LogP contribution in [0.25, 0.3) is 10.8 Å². The minimum atomic E-state index is -0.488. The van der Waals surface area contributed by atoms with E-state index in [9.17, 15) is 9.59 Å². The Morgan fingerprint density at radius 3 is 2.53 bits per heavy atom. The molecule has 0 bridgehead atoms. The summed E-state index contributed by atoms with van der Waals surface area (Å²) in [7, 11) is 0. The molecule has 162 valence electrons. The molecule has 2 aromatic carbocycles. The summed E-state index contributed by atoms with van der Waals surface area (Å²) in [6.07, 6.45) is 2.45. The van der Waals surface area contributed by atoms with Gasteiger partial charge in [-0.1, -0.05) is 56.3 Å². The highest BCUT2D eigenvalue weighted by molar-refractivity contribution is 5.90. The van der Waals surface area contributed by atoms with E-state index in [1.54, 1.807) is 0 Å². The van der Waals surface area contributed by atoms with Gasteiger partial charge in [-0.3, -0.25) is 9.59 Å². The molecule has 1 heterocycles. The zero-order chi connectivity index (χ0) is 20.5. The SMILES string of the molecule is CC(C)C(NC(=O)Cc1ccc2ccccc2c1)C(=O)N1CC2CCC(N)C2C1.Cl. The van der Waals surface area contributed by atoms with Crippen LogP contribution in [0.15, 0.2) is 42.5 Å². The predicted molar refractivity (Wildman–Crippen MR) is 122 cm³/mol. The van der Waals surface area contributed by atoms with E-state index in [4.69, 9.17) is 5.73 Å². The third kappa shape index (κ3) is 4.62. The van der Waals surface area contributed by atoms with Crippen molar-refractivity contribution >= 4 is 35.0 Å². The van der Waals surface area contributed by atoms with Crippen molar-refractivity contribution in [2.75, 3.05) is 13.1 Å². The number of nitrogens with one attached hydrogen (secondary N) is 1. The van der Waals surface area contributed by atoms with Gasteiger partial charge in [-0.25, -0.2) is 0 Å². The van der Waals surface area contributed by atoms with Gasteiger partial charge in [0.25, 0.3) is 0 Å². The van der Waals surface area contributed by atoms with E-state index in [2.05, 4.69) is 11.4 Å². The van der Waals surface area contributed by atoms with Crippen molar-refractivity contribution in [2.45, 2.75) is 45.2 Å². The Hall–Kier alpha value is -2.11. The van der Waals surface area contributed by atoms with Crippen molar-refractivity contribution in [3.8, 4) is 0 Å². The smallest absolute Gasteiger partial charge is 0.245 e. The summed E-state index contributed by atoms with van der Waals surface area (Å²) >= 11 is 0. The van der Waals surface area contributed by atoms with Gasteiger partial charge in [-0.05, 0) is 46.9 Å². The van der Waals surface area contributed by atoms with Gasteiger partial charge in [0.2, 0.25) is 11.8 Å². The fraction of sp³-hybridized carbons (Fsp3) is 0.500. The third-order valence-electron chi connectivity index (χ3n) is 6.65. The summed E-state index contributed by atoms with van der Waals surface area (Å²) < 4.78 is 0. The molecule has 1 aliphatic carbocycles. The van der Waals surface area contributed by atoms with Gasteiger partial charge >= 0.3 is 0 Å². The number of carbonyl (C=O) groups excluding carboxylic acids is 2. The number of carbonyl (C=O) groups is 2. The lowest BCUT2D eigenvalue weighted by molar-refractivity contribution is -0.137. The van der Waals surface area contributed by atoms with Crippen molar-refractivity contribution in [3.63, 3.8) is 0 Å². The summed E-state index contributed by atoms with van der Waals surface area (Å²) in [5.41, 5.74) is 7.17. The number of fused-ring (bicyclic) bond motifs is 2. The summed E-state index contributed by atoms with van der Waals surface area (Å²) in [6.45, 7) is 5.48. The molecule has 5 nitrogen and oxygen atoms in total. The van der Waals surface area contributed by atoms with Gasteiger partial charge in [0.05, 0.1) is 6.42 Å². The van der Waals surface area contributed by atoms with Crippen LogP contribution >= 0.6 is 12.4 Å². The first-order valence-electron chi connectivity index (χ1n) is 10.7. The molecular weight excluding hydrogens is 398 g/mol. The highest BCUT2D eigenvalue weighted by atomic mass is 35.5. The lowest BCUT2D eigenvalue weighted by Gasteiger charge is -2.28. The molecule has 1 saturated carbocycles. The Morgan fingerprint density at radius 1 is 1.10 bits per heavy atom. The topological polar surface area (TPSA) is 75.4 Å². The maximum Gasteiger partial charge on any atom is 0.245 e. The van der Waals surface area contributed by atoms with E-state index in [-0.39, 0.29) is 42.6 Å². The molecule has 0 aromatic heterocycles. The lowest BCUT2D eigenvalue weighted by Crippen LogP contribution is -2.51. The number of halogens is 1. The second kappa shape index (κ2) is 9.36. The Labute approximate surface area is 184 Å². The minimum Gasteiger partial charge on any atom is -0.344 e. The molecule has 6 heteroatoms. The predicted octanol–water partition coefficient (Wildman–Crippen LogP) is 3.14. The van der Waals surface area contributed by atoms with Crippen LogP contribution in [0, 0.1) is 17.8 Å². The number of nitrogens with two attached hydrogens (primary N) is 1. The zero-order valence-corrected chi connectivity index (χ0v) is 18.5. The van der Waals surface area contributed by atoms with Crippen molar-refractivity contribution in [1.82, 2.24) is 10.2 Å². The van der Waals surface area contributed by atoms with Crippen LogP contribution in [0.3, 0.4) is 0 Å². The molecule has 1 aliphatic heterocycles. The maximum atomic E-state index is 13.2. The van der Waals surface area contributed by atoms with E-state index in [0.29, 0.717) is 11.8 Å². The Kier molecular flexibility index (Phi) is 7.04. The molecule has 0 spiro atoms. The average Bonchev–Trinajstić information content (AvgIpc) is 3.27. The number of hydrogen-bond donors (Lipinski definition) is 2. The second-order valence-electron chi connectivity index (χ2n) is 9.06. The molecule has 30 heavy (non-hydrogen) atoms. The minimum absolute atomic E-state index is 0.